The summed E-state index contributed by atoms with van der Waals surface area (Å²) in [5.41, 5.74) is 0.930. The van der Waals surface area contributed by atoms with Crippen LogP contribution in [0.3, 0.4) is 0 Å². The summed E-state index contributed by atoms with van der Waals surface area (Å²) in [5.74, 6) is 0.675. The first-order valence-electron chi connectivity index (χ1n) is 5.30. The molecule has 2 rings (SSSR count). The van der Waals surface area contributed by atoms with Crippen molar-refractivity contribution in [3.05, 3.63) is 58.2 Å². The van der Waals surface area contributed by atoms with Crippen LogP contribution in [-0.2, 0) is 13.1 Å². The van der Waals surface area contributed by atoms with Gasteiger partial charge in [0.25, 0.3) is 0 Å². The Bertz CT molecular complexity index is 484. The molecule has 1 aromatic carbocycles. The van der Waals surface area contributed by atoms with Crippen molar-refractivity contribution < 1.29 is 8.81 Å². The van der Waals surface area contributed by atoms with Crippen molar-refractivity contribution in [1.82, 2.24) is 4.90 Å². The molecule has 0 atom stereocenters. The molecule has 0 spiro atoms. The van der Waals surface area contributed by atoms with Crippen molar-refractivity contribution in [2.45, 2.75) is 13.1 Å². The Morgan fingerprint density at radius 1 is 1.24 bits per heavy atom. The van der Waals surface area contributed by atoms with Crippen LogP contribution in [0.25, 0.3) is 0 Å². The fraction of sp³-hybridized carbons (Fsp3) is 0.231. The molecule has 1 aromatic heterocycles. The summed E-state index contributed by atoms with van der Waals surface area (Å²) < 4.78 is 19.1. The molecule has 2 aromatic rings. The van der Waals surface area contributed by atoms with Crippen molar-refractivity contribution in [3.63, 3.8) is 0 Å². The number of rotatable bonds is 4. The molecule has 2 nitrogen and oxygen atoms in total. The summed E-state index contributed by atoms with van der Waals surface area (Å²) in [6, 6.07) is 8.86. The van der Waals surface area contributed by atoms with Gasteiger partial charge in [0.1, 0.15) is 11.6 Å². The second kappa shape index (κ2) is 5.47. The van der Waals surface area contributed by atoms with Crippen molar-refractivity contribution in [1.29, 1.82) is 0 Å². The van der Waals surface area contributed by atoms with E-state index >= 15 is 0 Å². The monoisotopic (exact) mass is 297 g/mol. The van der Waals surface area contributed by atoms with E-state index < -0.39 is 0 Å². The highest BCUT2D eigenvalue weighted by atomic mass is 79.9. The van der Waals surface area contributed by atoms with Crippen LogP contribution in [0, 0.1) is 5.82 Å². The Hall–Kier alpha value is -1.13. The van der Waals surface area contributed by atoms with Gasteiger partial charge in [-0.05, 0) is 46.7 Å². The van der Waals surface area contributed by atoms with Crippen LogP contribution in [0.2, 0.25) is 0 Å². The zero-order chi connectivity index (χ0) is 12.3. The zero-order valence-electron chi connectivity index (χ0n) is 9.49. The topological polar surface area (TPSA) is 16.4 Å². The summed E-state index contributed by atoms with van der Waals surface area (Å²) in [6.07, 6.45) is 1.65. The van der Waals surface area contributed by atoms with Crippen molar-refractivity contribution in [2.24, 2.45) is 0 Å². The Kier molecular flexibility index (Phi) is 3.97. The van der Waals surface area contributed by atoms with E-state index in [0.29, 0.717) is 17.6 Å². The van der Waals surface area contributed by atoms with E-state index in [-0.39, 0.29) is 5.82 Å². The highest BCUT2D eigenvalue weighted by Gasteiger charge is 2.08. The molecule has 17 heavy (non-hydrogen) atoms. The molecule has 0 N–H and O–H groups in total. The van der Waals surface area contributed by atoms with Gasteiger partial charge in [-0.1, -0.05) is 12.1 Å². The first-order valence-corrected chi connectivity index (χ1v) is 6.10. The van der Waals surface area contributed by atoms with E-state index in [2.05, 4.69) is 20.8 Å². The molecule has 0 fully saturated rings. The molecule has 90 valence electrons. The Labute approximate surface area is 108 Å². The van der Waals surface area contributed by atoms with Gasteiger partial charge >= 0.3 is 0 Å². The molecule has 1 heterocycles. The molecule has 0 aliphatic heterocycles. The third kappa shape index (κ3) is 3.17. The lowest BCUT2D eigenvalue weighted by atomic mass is 10.2. The molecule has 0 bridgehead atoms. The lowest BCUT2D eigenvalue weighted by Gasteiger charge is -2.16. The van der Waals surface area contributed by atoms with E-state index in [4.69, 9.17) is 4.42 Å². The predicted octanol–water partition coefficient (Wildman–Crippen LogP) is 3.81. The minimum Gasteiger partial charge on any atom is -0.468 e. The highest BCUT2D eigenvalue weighted by Crippen LogP contribution is 2.22. The molecular formula is C13H13BrFNO. The fourth-order valence-corrected chi connectivity index (χ4v) is 2.08. The normalized spacial score (nSPS) is 11.1. The van der Waals surface area contributed by atoms with Crippen LogP contribution in [0.1, 0.15) is 11.3 Å². The SMILES string of the molecule is CN(Cc1ccco1)Cc1cccc(F)c1Br. The van der Waals surface area contributed by atoms with E-state index in [9.17, 15) is 4.39 Å². The minimum absolute atomic E-state index is 0.228. The molecule has 0 amide bonds. The molecular weight excluding hydrogens is 285 g/mol. The fourth-order valence-electron chi connectivity index (χ4n) is 1.69. The molecule has 0 saturated carbocycles. The highest BCUT2D eigenvalue weighted by molar-refractivity contribution is 9.10. The summed E-state index contributed by atoms with van der Waals surface area (Å²) in [7, 11) is 1.97. The van der Waals surface area contributed by atoms with Gasteiger partial charge < -0.3 is 4.42 Å². The largest absolute Gasteiger partial charge is 0.468 e. The Balaban J connectivity index is 2.03. The van der Waals surface area contributed by atoms with Crippen molar-refractivity contribution in [2.75, 3.05) is 7.05 Å². The number of nitrogens with zero attached hydrogens (tertiary/aromatic N) is 1. The van der Waals surface area contributed by atoms with Crippen LogP contribution >= 0.6 is 15.9 Å². The van der Waals surface area contributed by atoms with Crippen LogP contribution in [-0.4, -0.2) is 11.9 Å². The number of hydrogen-bond acceptors (Lipinski definition) is 2. The van der Waals surface area contributed by atoms with Gasteiger partial charge in [0.05, 0.1) is 17.3 Å². The quantitative estimate of drug-likeness (QED) is 0.853. The first-order chi connectivity index (χ1) is 8.16. The van der Waals surface area contributed by atoms with Gasteiger partial charge in [-0.3, -0.25) is 4.90 Å². The van der Waals surface area contributed by atoms with Crippen LogP contribution in [0.4, 0.5) is 4.39 Å². The summed E-state index contributed by atoms with van der Waals surface area (Å²) in [5, 5.41) is 0. The van der Waals surface area contributed by atoms with Crippen molar-refractivity contribution in [3.8, 4) is 0 Å². The Morgan fingerprint density at radius 2 is 2.06 bits per heavy atom. The number of furan rings is 1. The number of halogens is 2. The zero-order valence-corrected chi connectivity index (χ0v) is 11.1. The summed E-state index contributed by atoms with van der Waals surface area (Å²) in [4.78, 5) is 2.07. The molecule has 0 saturated heterocycles. The maximum atomic E-state index is 13.3. The molecule has 0 radical (unpaired) electrons. The second-order valence-corrected chi connectivity index (χ2v) is 4.76. The molecule has 0 unspecified atom stereocenters. The van der Waals surface area contributed by atoms with Crippen molar-refractivity contribution >= 4 is 15.9 Å². The number of hydrogen-bond donors (Lipinski definition) is 0. The lowest BCUT2D eigenvalue weighted by Crippen LogP contribution is -2.17. The molecule has 0 aliphatic carbocycles. The lowest BCUT2D eigenvalue weighted by molar-refractivity contribution is 0.287. The second-order valence-electron chi connectivity index (χ2n) is 3.96. The standard InChI is InChI=1S/C13H13BrFNO/c1-16(9-11-5-3-7-17-11)8-10-4-2-6-12(15)13(10)14/h2-7H,8-9H2,1H3. The van der Waals surface area contributed by atoms with E-state index in [1.54, 1.807) is 12.3 Å². The van der Waals surface area contributed by atoms with Crippen LogP contribution in [0.15, 0.2) is 45.5 Å². The van der Waals surface area contributed by atoms with E-state index in [1.807, 2.05) is 25.2 Å². The maximum absolute atomic E-state index is 13.3. The van der Waals surface area contributed by atoms with Crippen LogP contribution < -0.4 is 0 Å². The van der Waals surface area contributed by atoms with Gasteiger partial charge in [0.15, 0.2) is 0 Å². The van der Waals surface area contributed by atoms with Gasteiger partial charge in [0.2, 0.25) is 0 Å². The third-order valence-electron chi connectivity index (χ3n) is 2.48. The predicted molar refractivity (Wildman–Crippen MR) is 68.0 cm³/mol. The van der Waals surface area contributed by atoms with Gasteiger partial charge in [0, 0.05) is 6.54 Å². The average molecular weight is 298 g/mol. The van der Waals surface area contributed by atoms with E-state index in [0.717, 1.165) is 11.3 Å². The van der Waals surface area contributed by atoms with E-state index in [1.165, 1.54) is 6.07 Å². The summed E-state index contributed by atoms with van der Waals surface area (Å²) in [6.45, 7) is 1.37. The molecule has 0 aliphatic rings. The van der Waals surface area contributed by atoms with Crippen LogP contribution in [0.5, 0.6) is 0 Å². The Morgan fingerprint density at radius 3 is 2.76 bits per heavy atom. The average Bonchev–Trinajstić information content (AvgIpc) is 2.77. The smallest absolute Gasteiger partial charge is 0.137 e. The molecule has 4 heteroatoms. The first kappa shape index (κ1) is 12.3. The number of benzene rings is 1. The van der Waals surface area contributed by atoms with Gasteiger partial charge in [-0.2, -0.15) is 0 Å². The maximum Gasteiger partial charge on any atom is 0.137 e. The minimum atomic E-state index is -0.228. The van der Waals surface area contributed by atoms with Gasteiger partial charge in [-0.15, -0.1) is 0 Å². The summed E-state index contributed by atoms with van der Waals surface area (Å²) >= 11 is 3.26. The third-order valence-corrected chi connectivity index (χ3v) is 3.37. The van der Waals surface area contributed by atoms with Gasteiger partial charge in [-0.25, -0.2) is 4.39 Å².